The van der Waals surface area contributed by atoms with Crippen LogP contribution < -0.4 is 10.1 Å². The third kappa shape index (κ3) is 5.64. The molecule has 1 heterocycles. The number of ether oxygens (including phenoxy) is 1. The van der Waals surface area contributed by atoms with Crippen LogP contribution in [0.4, 0.5) is 14.5 Å². The molecule has 0 fully saturated rings. The quantitative estimate of drug-likeness (QED) is 0.343. The molecule has 0 saturated heterocycles. The van der Waals surface area contributed by atoms with Crippen LogP contribution in [0, 0.1) is 11.6 Å². The van der Waals surface area contributed by atoms with Gasteiger partial charge in [0.2, 0.25) is 5.91 Å². The number of nitrogens with one attached hydrogen (secondary N) is 1. The van der Waals surface area contributed by atoms with Crippen LogP contribution in [-0.2, 0) is 33.7 Å². The Morgan fingerprint density at radius 1 is 1.05 bits per heavy atom. The number of carbonyl (C=O) groups excluding carboxylic acids is 1. The second-order valence-electron chi connectivity index (χ2n) is 9.16. The monoisotopic (exact) mass is 527 g/mol. The standard InChI is InChI=1S/C27H27F2N3O4S/c1-5-37(34,35)20-10-6-17(7-11-20)14-25(33)30-19-9-12-23-22(16-19)31-26(32(23)4)27(2,3)36-24-13-8-18(28)15-21(24)29/h6-13,15-16H,5,14H2,1-4H3,(H,30,33). The van der Waals surface area contributed by atoms with Crippen LogP contribution in [0.2, 0.25) is 0 Å². The molecule has 1 amide bonds. The molecule has 194 valence electrons. The summed E-state index contributed by atoms with van der Waals surface area (Å²) >= 11 is 0. The highest BCUT2D eigenvalue weighted by Gasteiger charge is 2.30. The minimum absolute atomic E-state index is 0.0109. The molecule has 0 aliphatic carbocycles. The van der Waals surface area contributed by atoms with Crippen LogP contribution in [0.5, 0.6) is 5.75 Å². The first-order valence-corrected chi connectivity index (χ1v) is 13.3. The molecule has 7 nitrogen and oxygen atoms in total. The van der Waals surface area contributed by atoms with Gasteiger partial charge in [0.25, 0.3) is 0 Å². The molecule has 4 aromatic rings. The van der Waals surface area contributed by atoms with E-state index >= 15 is 0 Å². The van der Waals surface area contributed by atoms with E-state index in [4.69, 9.17) is 4.74 Å². The van der Waals surface area contributed by atoms with Gasteiger partial charge in [-0.25, -0.2) is 22.2 Å². The highest BCUT2D eigenvalue weighted by Crippen LogP contribution is 2.31. The number of sulfone groups is 1. The highest BCUT2D eigenvalue weighted by molar-refractivity contribution is 7.91. The van der Waals surface area contributed by atoms with Crippen molar-refractivity contribution in [1.82, 2.24) is 9.55 Å². The Hall–Kier alpha value is -3.79. The first-order valence-electron chi connectivity index (χ1n) is 11.6. The molecule has 0 bridgehead atoms. The molecule has 0 aliphatic heterocycles. The zero-order valence-corrected chi connectivity index (χ0v) is 21.7. The van der Waals surface area contributed by atoms with Gasteiger partial charge < -0.3 is 14.6 Å². The molecule has 37 heavy (non-hydrogen) atoms. The molecule has 0 atom stereocenters. The maximum atomic E-state index is 14.2. The van der Waals surface area contributed by atoms with Crippen molar-refractivity contribution < 1.29 is 26.7 Å². The number of aryl methyl sites for hydroxylation is 1. The Morgan fingerprint density at radius 3 is 2.41 bits per heavy atom. The van der Waals surface area contributed by atoms with Gasteiger partial charge in [-0.2, -0.15) is 0 Å². The first kappa shape index (κ1) is 26.3. The number of aromatic nitrogens is 2. The number of amides is 1. The van der Waals surface area contributed by atoms with Crippen molar-refractivity contribution in [1.29, 1.82) is 0 Å². The minimum atomic E-state index is -3.30. The number of halogens is 2. The molecule has 4 rings (SSSR count). The maximum Gasteiger partial charge on any atom is 0.228 e. The number of benzene rings is 3. The van der Waals surface area contributed by atoms with E-state index in [2.05, 4.69) is 10.3 Å². The summed E-state index contributed by atoms with van der Waals surface area (Å²) in [6.07, 6.45) is 0.0715. The number of hydrogen-bond donors (Lipinski definition) is 1. The van der Waals surface area contributed by atoms with E-state index in [1.54, 1.807) is 58.2 Å². The second kappa shape index (κ2) is 9.93. The highest BCUT2D eigenvalue weighted by atomic mass is 32.2. The summed E-state index contributed by atoms with van der Waals surface area (Å²) < 4.78 is 59.0. The van der Waals surface area contributed by atoms with Gasteiger partial charge in [0.15, 0.2) is 32.8 Å². The van der Waals surface area contributed by atoms with Crippen LogP contribution in [-0.4, -0.2) is 29.6 Å². The van der Waals surface area contributed by atoms with Crippen molar-refractivity contribution >= 4 is 32.5 Å². The van der Waals surface area contributed by atoms with Crippen molar-refractivity contribution in [3.8, 4) is 5.75 Å². The lowest BCUT2D eigenvalue weighted by Crippen LogP contribution is -2.29. The molecule has 0 saturated carbocycles. The van der Waals surface area contributed by atoms with Crippen molar-refractivity contribution in [2.24, 2.45) is 7.05 Å². The average Bonchev–Trinajstić information content (AvgIpc) is 3.18. The molecule has 10 heteroatoms. The largest absolute Gasteiger partial charge is 0.477 e. The lowest BCUT2D eigenvalue weighted by molar-refractivity contribution is -0.115. The fourth-order valence-electron chi connectivity index (χ4n) is 4.07. The summed E-state index contributed by atoms with van der Waals surface area (Å²) in [6, 6.07) is 14.7. The summed E-state index contributed by atoms with van der Waals surface area (Å²) in [7, 11) is -1.50. The van der Waals surface area contributed by atoms with E-state index in [-0.39, 0.29) is 28.7 Å². The topological polar surface area (TPSA) is 90.3 Å². The average molecular weight is 528 g/mol. The molecule has 1 N–H and O–H groups in total. The lowest BCUT2D eigenvalue weighted by Gasteiger charge is -2.26. The molecule has 1 aromatic heterocycles. The Morgan fingerprint density at radius 2 is 1.76 bits per heavy atom. The fourth-order valence-corrected chi connectivity index (χ4v) is 4.95. The molecule has 0 spiro atoms. The number of rotatable bonds is 8. The SMILES string of the molecule is CCS(=O)(=O)c1ccc(CC(=O)Nc2ccc3c(c2)nc(C(C)(C)Oc2ccc(F)cc2F)n3C)cc1. The van der Waals surface area contributed by atoms with Crippen LogP contribution in [0.3, 0.4) is 0 Å². The number of carbonyl (C=O) groups is 1. The zero-order chi connectivity index (χ0) is 27.0. The van der Waals surface area contributed by atoms with Crippen molar-refractivity contribution in [3.63, 3.8) is 0 Å². The third-order valence-corrected chi connectivity index (χ3v) is 7.74. The molecular formula is C27H27F2N3O4S. The fraction of sp³-hybridized carbons (Fsp3) is 0.259. The molecular weight excluding hydrogens is 500 g/mol. The van der Waals surface area contributed by atoms with Gasteiger partial charge in [0, 0.05) is 18.8 Å². The molecule has 3 aromatic carbocycles. The van der Waals surface area contributed by atoms with Crippen molar-refractivity contribution in [2.75, 3.05) is 11.1 Å². The zero-order valence-electron chi connectivity index (χ0n) is 20.9. The number of imidazole rings is 1. The first-order chi connectivity index (χ1) is 17.4. The van der Waals surface area contributed by atoms with Crippen molar-refractivity contribution in [2.45, 2.75) is 37.7 Å². The third-order valence-electron chi connectivity index (χ3n) is 5.99. The number of anilines is 1. The van der Waals surface area contributed by atoms with Crippen LogP contribution in [0.15, 0.2) is 65.6 Å². The number of fused-ring (bicyclic) bond motifs is 1. The predicted molar refractivity (Wildman–Crippen MR) is 137 cm³/mol. The Bertz CT molecular complexity index is 1580. The minimum Gasteiger partial charge on any atom is -0.477 e. The smallest absolute Gasteiger partial charge is 0.228 e. The maximum absolute atomic E-state index is 14.2. The van der Waals surface area contributed by atoms with E-state index in [0.717, 1.165) is 17.6 Å². The van der Waals surface area contributed by atoms with Gasteiger partial charge in [-0.05, 0) is 61.9 Å². The predicted octanol–water partition coefficient (Wildman–Crippen LogP) is 5.14. The van der Waals surface area contributed by atoms with Crippen LogP contribution >= 0.6 is 0 Å². The second-order valence-corrected chi connectivity index (χ2v) is 11.4. The summed E-state index contributed by atoms with van der Waals surface area (Å²) in [6.45, 7) is 5.05. The van der Waals surface area contributed by atoms with E-state index in [9.17, 15) is 22.0 Å². The van der Waals surface area contributed by atoms with Gasteiger partial charge >= 0.3 is 0 Å². The van der Waals surface area contributed by atoms with Crippen LogP contribution in [0.1, 0.15) is 32.2 Å². The Kier molecular flexibility index (Phi) is 7.05. The van der Waals surface area contributed by atoms with Gasteiger partial charge in [-0.15, -0.1) is 0 Å². The van der Waals surface area contributed by atoms with Crippen molar-refractivity contribution in [3.05, 3.63) is 83.7 Å². The normalized spacial score (nSPS) is 12.1. The van der Waals surface area contributed by atoms with Gasteiger partial charge in [-0.1, -0.05) is 19.1 Å². The Labute approximate surface area is 214 Å². The lowest BCUT2D eigenvalue weighted by atomic mass is 10.1. The van der Waals surface area contributed by atoms with Gasteiger partial charge in [0.05, 0.1) is 28.1 Å². The summed E-state index contributed by atoms with van der Waals surface area (Å²) in [5.74, 6) is -1.34. The number of hydrogen-bond acceptors (Lipinski definition) is 5. The summed E-state index contributed by atoms with van der Waals surface area (Å²) in [4.78, 5) is 17.5. The Balaban J connectivity index is 1.51. The molecule has 0 radical (unpaired) electrons. The van der Waals surface area contributed by atoms with E-state index in [1.807, 2.05) is 4.57 Å². The van der Waals surface area contributed by atoms with Gasteiger partial charge in [-0.3, -0.25) is 4.79 Å². The number of nitrogens with zero attached hydrogens (tertiary/aromatic N) is 2. The van der Waals surface area contributed by atoms with E-state index in [0.29, 0.717) is 22.6 Å². The molecule has 0 unspecified atom stereocenters. The van der Waals surface area contributed by atoms with Gasteiger partial charge in [0.1, 0.15) is 5.82 Å². The van der Waals surface area contributed by atoms with Crippen LogP contribution in [0.25, 0.3) is 11.0 Å². The van der Waals surface area contributed by atoms with E-state index < -0.39 is 27.1 Å². The summed E-state index contributed by atoms with van der Waals surface area (Å²) in [5.41, 5.74) is 1.54. The summed E-state index contributed by atoms with van der Waals surface area (Å²) in [5, 5.41) is 2.84. The molecule has 0 aliphatic rings. The van der Waals surface area contributed by atoms with E-state index in [1.165, 1.54) is 18.2 Å².